The number of hydrogen-bond donors (Lipinski definition) is 0. The molecule has 1 heterocycles. The number of benzene rings is 3. The molecule has 0 fully saturated rings. The Balaban J connectivity index is 1.54. The molecule has 5 nitrogen and oxygen atoms in total. The van der Waals surface area contributed by atoms with Gasteiger partial charge in [-0.15, -0.1) is 0 Å². The number of carbonyl (C=O) groups is 1. The van der Waals surface area contributed by atoms with Crippen LogP contribution in [0, 0.1) is 0 Å². The summed E-state index contributed by atoms with van der Waals surface area (Å²) in [5.74, 6) is 0.519. The first-order valence-electron chi connectivity index (χ1n) is 10.4. The fourth-order valence-corrected chi connectivity index (χ4v) is 4.37. The van der Waals surface area contributed by atoms with Crippen molar-refractivity contribution in [1.29, 1.82) is 0 Å². The average Bonchev–Trinajstić information content (AvgIpc) is 3.21. The number of oxime groups is 1. The number of carbonyl (C=O) groups excluding carboxylic acids is 1. The van der Waals surface area contributed by atoms with Crippen LogP contribution in [0.3, 0.4) is 0 Å². The fraction of sp³-hybridized carbons (Fsp3) is 0.192. The van der Waals surface area contributed by atoms with Gasteiger partial charge in [-0.2, -0.15) is 0 Å². The SMILES string of the molecule is CC(=O)ON=C1CC(c2ccccc2)Cc2noc(Cc3cccc4ccccc34)c21. The third-order valence-corrected chi connectivity index (χ3v) is 5.79. The highest BCUT2D eigenvalue weighted by molar-refractivity contribution is 6.04. The van der Waals surface area contributed by atoms with E-state index in [1.807, 2.05) is 30.3 Å². The minimum Gasteiger partial charge on any atom is -0.360 e. The molecular formula is C26H22N2O3. The van der Waals surface area contributed by atoms with Crippen LogP contribution in [0.5, 0.6) is 0 Å². The Morgan fingerprint density at radius 3 is 2.65 bits per heavy atom. The van der Waals surface area contributed by atoms with Crippen LogP contribution in [0.4, 0.5) is 0 Å². The maximum atomic E-state index is 11.4. The van der Waals surface area contributed by atoms with Gasteiger partial charge in [0.25, 0.3) is 0 Å². The molecule has 5 heteroatoms. The van der Waals surface area contributed by atoms with Crippen LogP contribution in [-0.4, -0.2) is 16.8 Å². The van der Waals surface area contributed by atoms with Crippen LogP contribution in [0.15, 0.2) is 82.5 Å². The van der Waals surface area contributed by atoms with E-state index in [-0.39, 0.29) is 5.92 Å². The van der Waals surface area contributed by atoms with Gasteiger partial charge < -0.3 is 9.36 Å². The molecule has 0 N–H and O–H groups in total. The molecule has 31 heavy (non-hydrogen) atoms. The van der Waals surface area contributed by atoms with Crippen LogP contribution < -0.4 is 0 Å². The highest BCUT2D eigenvalue weighted by Crippen LogP contribution is 2.35. The van der Waals surface area contributed by atoms with Gasteiger partial charge in [0.1, 0.15) is 0 Å². The van der Waals surface area contributed by atoms with E-state index >= 15 is 0 Å². The predicted octanol–water partition coefficient (Wildman–Crippen LogP) is 5.42. The van der Waals surface area contributed by atoms with E-state index < -0.39 is 5.97 Å². The second kappa shape index (κ2) is 8.19. The van der Waals surface area contributed by atoms with Crippen LogP contribution in [-0.2, 0) is 22.5 Å². The zero-order chi connectivity index (χ0) is 21.2. The maximum Gasteiger partial charge on any atom is 0.331 e. The lowest BCUT2D eigenvalue weighted by molar-refractivity contribution is -0.140. The van der Waals surface area contributed by atoms with Gasteiger partial charge in [-0.25, -0.2) is 4.79 Å². The van der Waals surface area contributed by atoms with Gasteiger partial charge in [-0.05, 0) is 27.8 Å². The molecule has 3 aromatic carbocycles. The molecule has 5 rings (SSSR count). The molecule has 154 valence electrons. The summed E-state index contributed by atoms with van der Waals surface area (Å²) in [5.41, 5.74) is 4.82. The van der Waals surface area contributed by atoms with Crippen molar-refractivity contribution in [3.05, 3.63) is 101 Å². The standard InChI is InChI=1S/C26H22N2O3/c1-17(29)30-27-23-14-21(18-8-3-2-4-9-18)15-24-26(23)25(31-28-24)16-20-12-7-11-19-10-5-6-13-22(19)20/h2-13,21H,14-16H2,1H3. The lowest BCUT2D eigenvalue weighted by Gasteiger charge is -2.22. The molecular weight excluding hydrogens is 388 g/mol. The first-order valence-corrected chi connectivity index (χ1v) is 10.4. The zero-order valence-corrected chi connectivity index (χ0v) is 17.2. The van der Waals surface area contributed by atoms with Crippen molar-refractivity contribution < 1.29 is 14.2 Å². The van der Waals surface area contributed by atoms with Crippen LogP contribution in [0.25, 0.3) is 10.8 Å². The molecule has 0 aliphatic heterocycles. The second-order valence-electron chi connectivity index (χ2n) is 7.88. The molecule has 1 aliphatic rings. The molecule has 1 unspecified atom stereocenters. The van der Waals surface area contributed by atoms with Gasteiger partial charge in [0.2, 0.25) is 0 Å². The summed E-state index contributed by atoms with van der Waals surface area (Å²) in [7, 11) is 0. The van der Waals surface area contributed by atoms with E-state index in [2.05, 4.69) is 52.8 Å². The summed E-state index contributed by atoms with van der Waals surface area (Å²) in [4.78, 5) is 16.5. The van der Waals surface area contributed by atoms with Crippen LogP contribution in [0.1, 0.15) is 47.4 Å². The smallest absolute Gasteiger partial charge is 0.331 e. The maximum absolute atomic E-state index is 11.4. The molecule has 1 atom stereocenters. The van der Waals surface area contributed by atoms with Crippen LogP contribution >= 0.6 is 0 Å². The van der Waals surface area contributed by atoms with Gasteiger partial charge in [-0.1, -0.05) is 83.1 Å². The minimum atomic E-state index is -0.442. The van der Waals surface area contributed by atoms with E-state index in [9.17, 15) is 4.79 Å². The molecule has 0 bridgehead atoms. The topological polar surface area (TPSA) is 64.7 Å². The minimum absolute atomic E-state index is 0.207. The summed E-state index contributed by atoms with van der Waals surface area (Å²) in [6.07, 6.45) is 2.02. The molecule has 0 amide bonds. The van der Waals surface area contributed by atoms with Gasteiger partial charge in [0.05, 0.1) is 17.0 Å². The summed E-state index contributed by atoms with van der Waals surface area (Å²) in [5, 5.41) is 11.0. The van der Waals surface area contributed by atoms with Gasteiger partial charge >= 0.3 is 5.97 Å². The number of hydrogen-bond acceptors (Lipinski definition) is 5. The first-order chi connectivity index (χ1) is 15.2. The number of rotatable bonds is 4. The highest BCUT2D eigenvalue weighted by Gasteiger charge is 2.32. The normalized spacial score (nSPS) is 16.9. The Hall–Kier alpha value is -3.73. The molecule has 0 radical (unpaired) electrons. The number of aromatic nitrogens is 1. The summed E-state index contributed by atoms with van der Waals surface area (Å²) < 4.78 is 5.82. The largest absolute Gasteiger partial charge is 0.360 e. The third-order valence-electron chi connectivity index (χ3n) is 5.79. The summed E-state index contributed by atoms with van der Waals surface area (Å²) in [6.45, 7) is 1.35. The Morgan fingerprint density at radius 1 is 1.03 bits per heavy atom. The zero-order valence-electron chi connectivity index (χ0n) is 17.2. The highest BCUT2D eigenvalue weighted by atomic mass is 16.7. The molecule has 0 spiro atoms. The van der Waals surface area contributed by atoms with Gasteiger partial charge in [-0.3, -0.25) is 0 Å². The van der Waals surface area contributed by atoms with Crippen molar-refractivity contribution >= 4 is 22.5 Å². The molecule has 0 saturated heterocycles. The molecule has 0 saturated carbocycles. The molecule has 1 aromatic heterocycles. The predicted molar refractivity (Wildman–Crippen MR) is 119 cm³/mol. The van der Waals surface area contributed by atoms with Crippen molar-refractivity contribution in [2.75, 3.05) is 0 Å². The van der Waals surface area contributed by atoms with Crippen molar-refractivity contribution in [3.8, 4) is 0 Å². The first kappa shape index (κ1) is 19.2. The van der Waals surface area contributed by atoms with Crippen molar-refractivity contribution in [2.24, 2.45) is 5.16 Å². The van der Waals surface area contributed by atoms with E-state index in [1.165, 1.54) is 23.3 Å². The fourth-order valence-electron chi connectivity index (χ4n) is 4.37. The van der Waals surface area contributed by atoms with Gasteiger partial charge in [0, 0.05) is 26.2 Å². The van der Waals surface area contributed by atoms with Crippen molar-refractivity contribution in [3.63, 3.8) is 0 Å². The number of nitrogens with zero attached hydrogens (tertiary/aromatic N) is 2. The lowest BCUT2D eigenvalue weighted by atomic mass is 9.81. The second-order valence-corrected chi connectivity index (χ2v) is 7.88. The Bertz CT molecular complexity index is 1270. The van der Waals surface area contributed by atoms with Crippen molar-refractivity contribution in [1.82, 2.24) is 5.16 Å². The third kappa shape index (κ3) is 3.87. The Kier molecular flexibility index (Phi) is 5.08. The van der Waals surface area contributed by atoms with E-state index in [0.717, 1.165) is 29.0 Å². The summed E-state index contributed by atoms with van der Waals surface area (Å²) in [6, 6.07) is 24.8. The van der Waals surface area contributed by atoms with E-state index in [4.69, 9.17) is 9.36 Å². The van der Waals surface area contributed by atoms with Crippen LogP contribution in [0.2, 0.25) is 0 Å². The quantitative estimate of drug-likeness (QED) is 0.333. The van der Waals surface area contributed by atoms with Gasteiger partial charge in [0.15, 0.2) is 5.76 Å². The Labute approximate surface area is 180 Å². The monoisotopic (exact) mass is 410 g/mol. The number of fused-ring (bicyclic) bond motifs is 2. The average molecular weight is 410 g/mol. The molecule has 4 aromatic rings. The lowest BCUT2D eigenvalue weighted by Crippen LogP contribution is -2.20. The van der Waals surface area contributed by atoms with Crippen molar-refractivity contribution in [2.45, 2.75) is 32.1 Å². The van der Waals surface area contributed by atoms with E-state index in [0.29, 0.717) is 18.6 Å². The summed E-state index contributed by atoms with van der Waals surface area (Å²) >= 11 is 0. The Morgan fingerprint density at radius 2 is 1.81 bits per heavy atom. The molecule has 1 aliphatic carbocycles. The van der Waals surface area contributed by atoms with E-state index in [1.54, 1.807) is 0 Å².